The number of hydrogen-bond donors (Lipinski definition) is 1. The fraction of sp³-hybridized carbons (Fsp3) is 0.533. The summed E-state index contributed by atoms with van der Waals surface area (Å²) in [4.78, 5) is 11.7. The number of nitrogens with one attached hydrogen (secondary N) is 1. The Morgan fingerprint density at radius 1 is 1.32 bits per heavy atom. The lowest BCUT2D eigenvalue weighted by Gasteiger charge is -2.29. The van der Waals surface area contributed by atoms with Crippen molar-refractivity contribution in [3.63, 3.8) is 0 Å². The van der Waals surface area contributed by atoms with E-state index in [1.54, 1.807) is 38.1 Å². The second-order valence-electron chi connectivity index (χ2n) is 6.18. The number of hydrogen-bond acceptors (Lipinski definition) is 2. The summed E-state index contributed by atoms with van der Waals surface area (Å²) in [5.41, 5.74) is 2.31. The number of halogens is 4. The van der Waals surface area contributed by atoms with E-state index >= 15 is 0 Å². The SMILES string of the molecule is CC1(C)CN(C(CCc2ccc(Cl)cc2)C(F)(F)F)NC1=O. The standard InChI is InChI=1S/C15H18ClF3N2O/c1-14(2)9-21(20-13(14)22)12(15(17,18)19)8-5-10-3-6-11(16)7-4-10/h3-4,6-7,12H,5,8-9H2,1-2H3,(H,20,22). The molecule has 1 aromatic carbocycles. The van der Waals surface area contributed by atoms with Gasteiger partial charge in [-0.25, -0.2) is 5.01 Å². The monoisotopic (exact) mass is 334 g/mol. The van der Waals surface area contributed by atoms with E-state index in [4.69, 9.17) is 11.6 Å². The van der Waals surface area contributed by atoms with Gasteiger partial charge in [-0.15, -0.1) is 0 Å². The van der Waals surface area contributed by atoms with E-state index < -0.39 is 17.6 Å². The second-order valence-corrected chi connectivity index (χ2v) is 6.61. The average Bonchev–Trinajstić information content (AvgIpc) is 2.64. The zero-order valence-electron chi connectivity index (χ0n) is 12.4. The molecule has 3 nitrogen and oxygen atoms in total. The minimum atomic E-state index is -4.40. The van der Waals surface area contributed by atoms with Gasteiger partial charge in [-0.05, 0) is 44.4 Å². The summed E-state index contributed by atoms with van der Waals surface area (Å²) in [7, 11) is 0. The van der Waals surface area contributed by atoms with Crippen molar-refractivity contribution in [1.82, 2.24) is 10.4 Å². The molecule has 2 rings (SSSR count). The van der Waals surface area contributed by atoms with Crippen molar-refractivity contribution in [1.29, 1.82) is 0 Å². The first-order valence-corrected chi connectivity index (χ1v) is 7.36. The van der Waals surface area contributed by atoms with Crippen molar-refractivity contribution < 1.29 is 18.0 Å². The third-order valence-corrected chi connectivity index (χ3v) is 4.05. The molecule has 7 heteroatoms. The number of carbonyl (C=O) groups excluding carboxylic acids is 1. The van der Waals surface area contributed by atoms with Crippen molar-refractivity contribution in [2.75, 3.05) is 6.54 Å². The molecule has 0 aliphatic carbocycles. The molecular formula is C15H18ClF3N2O. The molecule has 0 saturated carbocycles. The first kappa shape index (κ1) is 17.1. The zero-order chi connectivity index (χ0) is 16.5. The van der Waals surface area contributed by atoms with Crippen LogP contribution in [0.25, 0.3) is 0 Å². The largest absolute Gasteiger partial charge is 0.405 e. The molecule has 1 heterocycles. The Hall–Kier alpha value is -1.27. The predicted molar refractivity (Wildman–Crippen MR) is 78.2 cm³/mol. The number of hydrazine groups is 1. The van der Waals surface area contributed by atoms with Crippen molar-refractivity contribution in [3.05, 3.63) is 34.9 Å². The van der Waals surface area contributed by atoms with Gasteiger partial charge < -0.3 is 0 Å². The second kappa shape index (κ2) is 6.08. The number of rotatable bonds is 4. The molecule has 0 radical (unpaired) electrons. The maximum absolute atomic E-state index is 13.3. The fourth-order valence-electron chi connectivity index (χ4n) is 2.46. The molecule has 1 N–H and O–H groups in total. The third kappa shape index (κ3) is 3.93. The van der Waals surface area contributed by atoms with Gasteiger partial charge in [0.05, 0.1) is 5.41 Å². The maximum atomic E-state index is 13.3. The lowest BCUT2D eigenvalue weighted by molar-refractivity contribution is -0.190. The van der Waals surface area contributed by atoms with Crippen LogP contribution in [0, 0.1) is 5.41 Å². The van der Waals surface area contributed by atoms with Crippen LogP contribution in [0.1, 0.15) is 25.8 Å². The van der Waals surface area contributed by atoms with Crippen molar-refractivity contribution in [3.8, 4) is 0 Å². The highest BCUT2D eigenvalue weighted by atomic mass is 35.5. The Morgan fingerprint density at radius 2 is 1.91 bits per heavy atom. The van der Waals surface area contributed by atoms with Crippen LogP contribution in [0.3, 0.4) is 0 Å². The van der Waals surface area contributed by atoms with Crippen LogP contribution in [0.4, 0.5) is 13.2 Å². The minimum Gasteiger partial charge on any atom is -0.288 e. The molecule has 1 unspecified atom stereocenters. The Bertz CT molecular complexity index is 543. The summed E-state index contributed by atoms with van der Waals surface area (Å²) in [6.07, 6.45) is -4.27. The molecule has 1 aliphatic heterocycles. The Balaban J connectivity index is 2.08. The number of alkyl halides is 3. The topological polar surface area (TPSA) is 32.3 Å². The third-order valence-electron chi connectivity index (χ3n) is 3.80. The van der Waals surface area contributed by atoms with E-state index in [0.29, 0.717) is 5.02 Å². The normalized spacial score (nSPS) is 20.0. The van der Waals surface area contributed by atoms with Crippen LogP contribution in [0.5, 0.6) is 0 Å². The van der Waals surface area contributed by atoms with E-state index in [-0.39, 0.29) is 25.3 Å². The van der Waals surface area contributed by atoms with Gasteiger partial charge >= 0.3 is 6.18 Å². The van der Waals surface area contributed by atoms with Gasteiger partial charge in [-0.1, -0.05) is 23.7 Å². The van der Waals surface area contributed by atoms with Crippen LogP contribution < -0.4 is 5.43 Å². The summed E-state index contributed by atoms with van der Waals surface area (Å²) < 4.78 is 39.9. The summed E-state index contributed by atoms with van der Waals surface area (Å²) in [5.74, 6) is -0.381. The molecule has 0 aromatic heterocycles. The molecule has 1 aliphatic rings. The van der Waals surface area contributed by atoms with Crippen LogP contribution in [-0.2, 0) is 11.2 Å². The van der Waals surface area contributed by atoms with Gasteiger partial charge in [-0.3, -0.25) is 10.2 Å². The van der Waals surface area contributed by atoms with E-state index in [9.17, 15) is 18.0 Å². The van der Waals surface area contributed by atoms with E-state index in [2.05, 4.69) is 5.43 Å². The Morgan fingerprint density at radius 3 is 2.36 bits per heavy atom. The molecule has 1 saturated heterocycles. The average molecular weight is 335 g/mol. The molecule has 1 aromatic rings. The van der Waals surface area contributed by atoms with Crippen LogP contribution in [0.15, 0.2) is 24.3 Å². The Labute approximate surface area is 132 Å². The highest BCUT2D eigenvalue weighted by molar-refractivity contribution is 6.30. The molecule has 0 spiro atoms. The van der Waals surface area contributed by atoms with Crippen molar-refractivity contribution >= 4 is 17.5 Å². The van der Waals surface area contributed by atoms with Crippen LogP contribution in [0.2, 0.25) is 5.02 Å². The van der Waals surface area contributed by atoms with Gasteiger partial charge in [-0.2, -0.15) is 13.2 Å². The van der Waals surface area contributed by atoms with E-state index in [1.165, 1.54) is 0 Å². The molecule has 122 valence electrons. The predicted octanol–water partition coefficient (Wildman–Crippen LogP) is 3.58. The maximum Gasteiger partial charge on any atom is 0.405 e. The van der Waals surface area contributed by atoms with Gasteiger partial charge in [0.25, 0.3) is 0 Å². The smallest absolute Gasteiger partial charge is 0.288 e. The number of carbonyl (C=O) groups is 1. The van der Waals surface area contributed by atoms with E-state index in [0.717, 1.165) is 10.6 Å². The summed E-state index contributed by atoms with van der Waals surface area (Å²) >= 11 is 5.76. The van der Waals surface area contributed by atoms with Gasteiger partial charge in [0.15, 0.2) is 0 Å². The van der Waals surface area contributed by atoms with Crippen LogP contribution >= 0.6 is 11.6 Å². The molecule has 1 fully saturated rings. The number of benzene rings is 1. The zero-order valence-corrected chi connectivity index (χ0v) is 13.1. The highest BCUT2D eigenvalue weighted by Gasteiger charge is 2.49. The summed E-state index contributed by atoms with van der Waals surface area (Å²) in [6, 6.07) is 5.03. The molecule has 1 amide bonds. The quantitative estimate of drug-likeness (QED) is 0.913. The minimum absolute atomic E-state index is 0.0383. The molecular weight excluding hydrogens is 317 g/mol. The van der Waals surface area contributed by atoms with Crippen molar-refractivity contribution in [2.24, 2.45) is 5.41 Å². The van der Waals surface area contributed by atoms with Crippen LogP contribution in [-0.4, -0.2) is 29.7 Å². The first-order chi connectivity index (χ1) is 10.1. The van der Waals surface area contributed by atoms with Crippen molar-refractivity contribution in [2.45, 2.75) is 38.9 Å². The lowest BCUT2D eigenvalue weighted by atomic mass is 9.94. The highest BCUT2D eigenvalue weighted by Crippen LogP contribution is 2.33. The summed E-state index contributed by atoms with van der Waals surface area (Å²) in [6.45, 7) is 3.31. The van der Waals surface area contributed by atoms with Gasteiger partial charge in [0.2, 0.25) is 5.91 Å². The van der Waals surface area contributed by atoms with E-state index in [1.807, 2.05) is 0 Å². The van der Waals surface area contributed by atoms with Gasteiger partial charge in [0, 0.05) is 11.6 Å². The lowest BCUT2D eigenvalue weighted by Crippen LogP contribution is -2.50. The first-order valence-electron chi connectivity index (χ1n) is 6.98. The van der Waals surface area contributed by atoms with Gasteiger partial charge in [0.1, 0.15) is 6.04 Å². The fourth-order valence-corrected chi connectivity index (χ4v) is 2.58. The number of aryl methyl sites for hydroxylation is 1. The summed E-state index contributed by atoms with van der Waals surface area (Å²) in [5, 5.41) is 1.56. The number of amides is 1. The molecule has 0 bridgehead atoms. The Kier molecular flexibility index (Phi) is 4.73. The molecule has 1 atom stereocenters. The number of nitrogens with zero attached hydrogens (tertiary/aromatic N) is 1. The molecule has 22 heavy (non-hydrogen) atoms.